The van der Waals surface area contributed by atoms with E-state index >= 15 is 0 Å². The second kappa shape index (κ2) is 14.6. The molecule has 6 rings (SSSR count). The van der Waals surface area contributed by atoms with Crippen LogP contribution in [-0.4, -0.2) is 89.7 Å². The highest BCUT2D eigenvalue weighted by molar-refractivity contribution is 9.10. The summed E-state index contributed by atoms with van der Waals surface area (Å²) in [6.07, 6.45) is 4.41. The van der Waals surface area contributed by atoms with Gasteiger partial charge in [0.2, 0.25) is 5.72 Å². The zero-order valence-corrected chi connectivity index (χ0v) is 27.8. The monoisotopic (exact) mass is 678 g/mol. The van der Waals surface area contributed by atoms with E-state index in [9.17, 15) is 0 Å². The molecule has 1 atom stereocenters. The summed E-state index contributed by atoms with van der Waals surface area (Å²) < 4.78 is 37.7. The third-order valence-electron chi connectivity index (χ3n) is 8.83. The minimum absolute atomic E-state index is 0.278. The number of hydrogen-bond donors (Lipinski definition) is 0. The SMILES string of the molecule is CC1(C)c2ccccc2N(CCOCCN2CCOCCOc3ccccc3OCCOCC2)C12C=Cc1cc(Br)ccc1O2. The van der Waals surface area contributed by atoms with E-state index in [-0.39, 0.29) is 5.41 Å². The largest absolute Gasteiger partial charge is 0.487 e. The topological polar surface area (TPSA) is 61.9 Å². The molecule has 3 aliphatic rings. The van der Waals surface area contributed by atoms with Crippen LogP contribution in [-0.2, 0) is 19.6 Å². The number of para-hydroxylation sites is 3. The number of halogens is 1. The molecule has 0 radical (unpaired) electrons. The summed E-state index contributed by atoms with van der Waals surface area (Å²) in [5.74, 6) is 2.34. The highest BCUT2D eigenvalue weighted by Gasteiger charge is 2.58. The Balaban J connectivity index is 1.04. The van der Waals surface area contributed by atoms with Crippen molar-refractivity contribution < 1.29 is 28.4 Å². The third kappa shape index (κ3) is 7.03. The lowest BCUT2D eigenvalue weighted by Crippen LogP contribution is -2.60. The molecule has 1 unspecified atom stereocenters. The fourth-order valence-corrected chi connectivity index (χ4v) is 6.73. The third-order valence-corrected chi connectivity index (χ3v) is 9.32. The maximum Gasteiger partial charge on any atom is 0.212 e. The van der Waals surface area contributed by atoms with Crippen LogP contribution in [0.5, 0.6) is 17.2 Å². The van der Waals surface area contributed by atoms with E-state index in [0.29, 0.717) is 59.4 Å². The fourth-order valence-electron chi connectivity index (χ4n) is 6.35. The molecule has 8 nitrogen and oxygen atoms in total. The van der Waals surface area contributed by atoms with Crippen LogP contribution >= 0.6 is 15.9 Å². The van der Waals surface area contributed by atoms with Gasteiger partial charge in [-0.05, 0) is 68.0 Å². The maximum absolute atomic E-state index is 6.92. The van der Waals surface area contributed by atoms with Gasteiger partial charge in [0.15, 0.2) is 11.5 Å². The number of hydrogen-bond acceptors (Lipinski definition) is 8. The van der Waals surface area contributed by atoms with Crippen LogP contribution in [0, 0.1) is 0 Å². The predicted molar refractivity (Wildman–Crippen MR) is 180 cm³/mol. The molecule has 0 fully saturated rings. The number of fused-ring (bicyclic) bond motifs is 3. The number of nitrogens with zero attached hydrogens (tertiary/aromatic N) is 2. The molecule has 3 aromatic carbocycles. The van der Waals surface area contributed by atoms with Crippen molar-refractivity contribution in [1.82, 2.24) is 4.90 Å². The van der Waals surface area contributed by atoms with E-state index < -0.39 is 5.72 Å². The van der Waals surface area contributed by atoms with Crippen molar-refractivity contribution in [2.75, 3.05) is 83.9 Å². The Hall–Kier alpha value is -3.08. The Morgan fingerprint density at radius 3 is 2.16 bits per heavy atom. The van der Waals surface area contributed by atoms with Crippen molar-refractivity contribution in [3.8, 4) is 17.2 Å². The van der Waals surface area contributed by atoms with Crippen molar-refractivity contribution in [1.29, 1.82) is 0 Å². The molecular formula is C36H43BrN2O6. The van der Waals surface area contributed by atoms with Gasteiger partial charge >= 0.3 is 0 Å². The lowest BCUT2D eigenvalue weighted by atomic mass is 9.76. The van der Waals surface area contributed by atoms with Gasteiger partial charge in [-0.3, -0.25) is 4.90 Å². The summed E-state index contributed by atoms with van der Waals surface area (Å²) in [5.41, 5.74) is 2.60. The first-order chi connectivity index (χ1) is 22.0. The van der Waals surface area contributed by atoms with Crippen LogP contribution < -0.4 is 19.1 Å². The number of ether oxygens (including phenoxy) is 6. The Morgan fingerprint density at radius 1 is 0.756 bits per heavy atom. The second-order valence-corrected chi connectivity index (χ2v) is 12.8. The minimum atomic E-state index is -0.655. The highest BCUT2D eigenvalue weighted by Crippen LogP contribution is 2.54. The maximum atomic E-state index is 6.92. The molecule has 3 heterocycles. The van der Waals surface area contributed by atoms with Crippen LogP contribution in [0.1, 0.15) is 25.0 Å². The molecule has 0 aliphatic carbocycles. The molecule has 0 N–H and O–H groups in total. The lowest BCUT2D eigenvalue weighted by Gasteiger charge is -2.47. The molecule has 0 amide bonds. The summed E-state index contributed by atoms with van der Waals surface area (Å²) in [6, 6.07) is 22.5. The van der Waals surface area contributed by atoms with Gasteiger partial charge in [-0.2, -0.15) is 0 Å². The van der Waals surface area contributed by atoms with E-state index in [2.05, 4.69) is 82.1 Å². The quantitative estimate of drug-likeness (QED) is 0.287. The average molecular weight is 680 g/mol. The van der Waals surface area contributed by atoms with E-state index in [1.165, 1.54) is 11.3 Å². The van der Waals surface area contributed by atoms with Crippen molar-refractivity contribution in [2.24, 2.45) is 0 Å². The molecule has 0 bridgehead atoms. The van der Waals surface area contributed by atoms with Gasteiger partial charge in [-0.1, -0.05) is 46.3 Å². The van der Waals surface area contributed by atoms with E-state index in [1.807, 2.05) is 36.4 Å². The first kappa shape index (κ1) is 31.9. The molecule has 0 aromatic heterocycles. The van der Waals surface area contributed by atoms with E-state index in [0.717, 1.165) is 46.9 Å². The van der Waals surface area contributed by atoms with E-state index in [4.69, 9.17) is 28.4 Å². The summed E-state index contributed by atoms with van der Waals surface area (Å²) in [7, 11) is 0. The summed E-state index contributed by atoms with van der Waals surface area (Å²) >= 11 is 3.59. The fraction of sp³-hybridized carbons (Fsp3) is 0.444. The van der Waals surface area contributed by atoms with Crippen molar-refractivity contribution in [3.63, 3.8) is 0 Å². The molecule has 45 heavy (non-hydrogen) atoms. The zero-order valence-electron chi connectivity index (χ0n) is 26.2. The number of benzene rings is 3. The van der Waals surface area contributed by atoms with Crippen molar-refractivity contribution in [3.05, 3.63) is 88.4 Å². The zero-order chi connectivity index (χ0) is 31.1. The molecule has 0 saturated heterocycles. The van der Waals surface area contributed by atoms with Gasteiger partial charge in [0.25, 0.3) is 0 Å². The van der Waals surface area contributed by atoms with Crippen LogP contribution in [0.2, 0.25) is 0 Å². The normalized spacial score (nSPS) is 21.8. The molecule has 0 saturated carbocycles. The first-order valence-electron chi connectivity index (χ1n) is 15.8. The average Bonchev–Trinajstić information content (AvgIpc) is 3.21. The highest BCUT2D eigenvalue weighted by atomic mass is 79.9. The van der Waals surface area contributed by atoms with Gasteiger partial charge in [0.1, 0.15) is 19.0 Å². The Labute approximate surface area is 274 Å². The van der Waals surface area contributed by atoms with E-state index in [1.54, 1.807) is 0 Å². The van der Waals surface area contributed by atoms with Gasteiger partial charge < -0.3 is 33.3 Å². The van der Waals surface area contributed by atoms with Crippen molar-refractivity contribution in [2.45, 2.75) is 25.0 Å². The van der Waals surface area contributed by atoms with Gasteiger partial charge in [-0.25, -0.2) is 0 Å². The Kier molecular flexibility index (Phi) is 10.3. The molecular weight excluding hydrogens is 636 g/mol. The summed E-state index contributed by atoms with van der Waals surface area (Å²) in [6.45, 7) is 12.0. The molecule has 3 aliphatic heterocycles. The molecule has 240 valence electrons. The molecule has 9 heteroatoms. The standard InChI is InChI=1S/C36H43BrN2O6/c1-35(2)30-7-3-4-8-31(30)39(36(35)14-13-28-27-29(37)11-12-32(28)45-36)18-22-40-19-15-38-16-20-41-23-25-43-33-9-5-6-10-34(33)44-26-24-42-21-17-38/h3-14,27H,15-26H2,1-2H3. The van der Waals surface area contributed by atoms with Gasteiger partial charge in [-0.15, -0.1) is 0 Å². The van der Waals surface area contributed by atoms with Crippen LogP contribution in [0.15, 0.2) is 77.3 Å². The predicted octanol–water partition coefficient (Wildman–Crippen LogP) is 6.17. The first-order valence-corrected chi connectivity index (χ1v) is 16.6. The molecule has 3 aromatic rings. The second-order valence-electron chi connectivity index (χ2n) is 11.9. The van der Waals surface area contributed by atoms with Gasteiger partial charge in [0.05, 0.1) is 45.1 Å². The van der Waals surface area contributed by atoms with Crippen LogP contribution in [0.4, 0.5) is 5.69 Å². The number of anilines is 1. The van der Waals surface area contributed by atoms with Gasteiger partial charge in [0, 0.05) is 41.9 Å². The molecule has 1 spiro atoms. The van der Waals surface area contributed by atoms with Crippen molar-refractivity contribution >= 4 is 27.7 Å². The summed E-state index contributed by atoms with van der Waals surface area (Å²) in [4.78, 5) is 4.70. The minimum Gasteiger partial charge on any atom is -0.487 e. The Morgan fingerprint density at radius 2 is 1.42 bits per heavy atom. The number of rotatable bonds is 6. The lowest BCUT2D eigenvalue weighted by molar-refractivity contribution is 0.0347. The van der Waals surface area contributed by atoms with Crippen LogP contribution in [0.3, 0.4) is 0 Å². The van der Waals surface area contributed by atoms with Crippen LogP contribution in [0.25, 0.3) is 6.08 Å². The summed E-state index contributed by atoms with van der Waals surface area (Å²) in [5, 5.41) is 0. The smallest absolute Gasteiger partial charge is 0.212 e. The Bertz CT molecular complexity index is 1430.